The Balaban J connectivity index is 1.83. The monoisotopic (exact) mass is 263 g/mol. The van der Waals surface area contributed by atoms with Gasteiger partial charge in [-0.2, -0.15) is 4.98 Å². The van der Waals surface area contributed by atoms with Gasteiger partial charge in [0.1, 0.15) is 12.4 Å². The largest absolute Gasteiger partial charge is 0.476 e. The van der Waals surface area contributed by atoms with E-state index in [1.165, 1.54) is 0 Å². The minimum atomic E-state index is 0.243. The molecule has 0 saturated carbocycles. The van der Waals surface area contributed by atoms with Crippen molar-refractivity contribution in [1.82, 2.24) is 10.3 Å². The maximum atomic E-state index is 5.76. The van der Waals surface area contributed by atoms with Crippen LogP contribution in [0.5, 0.6) is 5.88 Å². The van der Waals surface area contributed by atoms with E-state index in [4.69, 9.17) is 9.47 Å². The Morgan fingerprint density at radius 3 is 2.84 bits per heavy atom. The summed E-state index contributed by atoms with van der Waals surface area (Å²) in [5.41, 5.74) is 1.13. The van der Waals surface area contributed by atoms with Crippen LogP contribution >= 0.6 is 0 Å². The van der Waals surface area contributed by atoms with Crippen molar-refractivity contribution < 1.29 is 9.47 Å². The van der Waals surface area contributed by atoms with Crippen molar-refractivity contribution in [2.45, 2.75) is 32.6 Å². The summed E-state index contributed by atoms with van der Waals surface area (Å²) >= 11 is 0. The molecule has 104 valence electrons. The fourth-order valence-corrected chi connectivity index (χ4v) is 2.70. The summed E-state index contributed by atoms with van der Waals surface area (Å²) < 4.78 is 11.5. The second-order valence-corrected chi connectivity index (χ2v) is 5.32. The van der Waals surface area contributed by atoms with E-state index < -0.39 is 0 Å². The zero-order valence-electron chi connectivity index (χ0n) is 11.6. The lowest BCUT2D eigenvalue weighted by Gasteiger charge is -2.36. The van der Waals surface area contributed by atoms with Crippen LogP contribution in [0.2, 0.25) is 0 Å². The third kappa shape index (κ3) is 2.82. The van der Waals surface area contributed by atoms with Crippen molar-refractivity contribution in [3.63, 3.8) is 0 Å². The zero-order valence-corrected chi connectivity index (χ0v) is 11.6. The molecule has 1 aromatic heterocycles. The van der Waals surface area contributed by atoms with E-state index in [9.17, 15) is 0 Å². The van der Waals surface area contributed by atoms with Crippen LogP contribution < -0.4 is 15.0 Å². The molecule has 2 atom stereocenters. The average molecular weight is 263 g/mol. The van der Waals surface area contributed by atoms with Crippen LogP contribution in [-0.4, -0.2) is 43.4 Å². The summed E-state index contributed by atoms with van der Waals surface area (Å²) in [6.45, 7) is 8.36. The molecule has 2 aliphatic heterocycles. The zero-order chi connectivity index (χ0) is 13.2. The van der Waals surface area contributed by atoms with Gasteiger partial charge in [0.05, 0.1) is 12.2 Å². The number of nitrogens with zero attached hydrogens (tertiary/aromatic N) is 2. The Bertz CT molecular complexity index is 442. The molecule has 2 aliphatic rings. The van der Waals surface area contributed by atoms with Crippen molar-refractivity contribution in [2.24, 2.45) is 0 Å². The van der Waals surface area contributed by atoms with Gasteiger partial charge in [0, 0.05) is 31.7 Å². The first-order chi connectivity index (χ1) is 9.22. The minimum absolute atomic E-state index is 0.243. The molecule has 0 bridgehead atoms. The number of rotatable bonds is 1. The lowest BCUT2D eigenvalue weighted by atomic mass is 10.2. The molecular formula is C14H21N3O2. The third-order valence-corrected chi connectivity index (χ3v) is 3.50. The number of anilines is 1. The lowest BCUT2D eigenvalue weighted by Crippen LogP contribution is -2.45. The summed E-state index contributed by atoms with van der Waals surface area (Å²) in [6, 6.07) is 4.20. The molecule has 3 heterocycles. The topological polar surface area (TPSA) is 46.6 Å². The van der Waals surface area contributed by atoms with Crippen LogP contribution in [0.4, 0.5) is 5.82 Å². The van der Waals surface area contributed by atoms with Crippen molar-refractivity contribution in [3.8, 4) is 5.88 Å². The second-order valence-electron chi connectivity index (χ2n) is 5.32. The number of nitrogens with one attached hydrogen (secondary N) is 1. The van der Waals surface area contributed by atoms with E-state index in [1.54, 1.807) is 0 Å². The SMILES string of the molecule is C[C@@H]1CN(c2ccc3c(n2)OCCNC3)C[C@H](C)O1. The van der Waals surface area contributed by atoms with Crippen LogP contribution in [0.1, 0.15) is 19.4 Å². The molecule has 1 saturated heterocycles. The Kier molecular flexibility index (Phi) is 3.57. The number of pyridine rings is 1. The standard InChI is InChI=1S/C14H21N3O2/c1-10-8-17(9-11(2)19-10)13-4-3-12-7-15-5-6-18-14(12)16-13/h3-4,10-11,15H,5-9H2,1-2H3/t10-,11+. The fraction of sp³-hybridized carbons (Fsp3) is 0.643. The van der Waals surface area contributed by atoms with Gasteiger partial charge < -0.3 is 19.7 Å². The van der Waals surface area contributed by atoms with Gasteiger partial charge >= 0.3 is 0 Å². The summed E-state index contributed by atoms with van der Waals surface area (Å²) in [5, 5.41) is 3.32. The molecule has 3 rings (SSSR count). The molecular weight excluding hydrogens is 242 g/mol. The van der Waals surface area contributed by atoms with Gasteiger partial charge in [-0.25, -0.2) is 0 Å². The van der Waals surface area contributed by atoms with Crippen molar-refractivity contribution in [1.29, 1.82) is 0 Å². The van der Waals surface area contributed by atoms with E-state index in [-0.39, 0.29) is 12.2 Å². The first-order valence-electron chi connectivity index (χ1n) is 6.96. The van der Waals surface area contributed by atoms with Gasteiger partial charge in [-0.15, -0.1) is 0 Å². The lowest BCUT2D eigenvalue weighted by molar-refractivity contribution is -0.00549. The molecule has 0 aliphatic carbocycles. The molecule has 19 heavy (non-hydrogen) atoms. The quantitative estimate of drug-likeness (QED) is 0.824. The van der Waals surface area contributed by atoms with Crippen LogP contribution in [0.3, 0.4) is 0 Å². The van der Waals surface area contributed by atoms with Gasteiger partial charge in [-0.3, -0.25) is 0 Å². The highest BCUT2D eigenvalue weighted by Gasteiger charge is 2.24. The first-order valence-corrected chi connectivity index (χ1v) is 6.96. The van der Waals surface area contributed by atoms with Crippen LogP contribution in [0.15, 0.2) is 12.1 Å². The van der Waals surface area contributed by atoms with Crippen molar-refractivity contribution in [2.75, 3.05) is 31.1 Å². The number of hydrogen-bond acceptors (Lipinski definition) is 5. The summed E-state index contributed by atoms with van der Waals surface area (Å²) in [4.78, 5) is 6.95. The Morgan fingerprint density at radius 2 is 2.05 bits per heavy atom. The van der Waals surface area contributed by atoms with Gasteiger partial charge in [0.2, 0.25) is 5.88 Å². The smallest absolute Gasteiger partial charge is 0.219 e. The van der Waals surface area contributed by atoms with E-state index >= 15 is 0 Å². The van der Waals surface area contributed by atoms with E-state index in [1.807, 2.05) is 0 Å². The molecule has 0 amide bonds. The van der Waals surface area contributed by atoms with Gasteiger partial charge in [-0.05, 0) is 26.0 Å². The summed E-state index contributed by atoms with van der Waals surface area (Å²) in [7, 11) is 0. The minimum Gasteiger partial charge on any atom is -0.476 e. The highest BCUT2D eigenvalue weighted by Crippen LogP contribution is 2.24. The second kappa shape index (κ2) is 5.35. The van der Waals surface area contributed by atoms with Gasteiger partial charge in [0.25, 0.3) is 0 Å². The molecule has 0 spiro atoms. The molecule has 1 aromatic rings. The predicted octanol–water partition coefficient (Wildman–Crippen LogP) is 1.18. The maximum absolute atomic E-state index is 5.76. The van der Waals surface area contributed by atoms with Crippen LogP contribution in [-0.2, 0) is 11.3 Å². The number of fused-ring (bicyclic) bond motifs is 1. The first kappa shape index (κ1) is 12.7. The van der Waals surface area contributed by atoms with Crippen LogP contribution in [0.25, 0.3) is 0 Å². The summed E-state index contributed by atoms with van der Waals surface area (Å²) in [5.74, 6) is 1.76. The third-order valence-electron chi connectivity index (χ3n) is 3.50. The fourth-order valence-electron chi connectivity index (χ4n) is 2.70. The van der Waals surface area contributed by atoms with Crippen molar-refractivity contribution in [3.05, 3.63) is 17.7 Å². The van der Waals surface area contributed by atoms with Gasteiger partial charge in [0.15, 0.2) is 0 Å². The molecule has 5 nitrogen and oxygen atoms in total. The van der Waals surface area contributed by atoms with Gasteiger partial charge in [-0.1, -0.05) is 0 Å². The Morgan fingerprint density at radius 1 is 1.26 bits per heavy atom. The number of aromatic nitrogens is 1. The average Bonchev–Trinajstić information content (AvgIpc) is 2.61. The van der Waals surface area contributed by atoms with Crippen molar-refractivity contribution >= 4 is 5.82 Å². The Labute approximate surface area is 113 Å². The van der Waals surface area contributed by atoms with E-state index in [0.717, 1.165) is 43.4 Å². The number of ether oxygens (including phenoxy) is 2. The normalized spacial score (nSPS) is 27.4. The van der Waals surface area contributed by atoms with Crippen LogP contribution in [0, 0.1) is 0 Å². The highest BCUT2D eigenvalue weighted by atomic mass is 16.5. The molecule has 0 unspecified atom stereocenters. The Hall–Kier alpha value is -1.33. The molecule has 1 N–H and O–H groups in total. The molecule has 0 radical (unpaired) electrons. The molecule has 5 heteroatoms. The number of morpholine rings is 1. The molecule has 0 aromatic carbocycles. The van der Waals surface area contributed by atoms with E-state index in [2.05, 4.69) is 41.2 Å². The maximum Gasteiger partial charge on any atom is 0.219 e. The summed E-state index contributed by atoms with van der Waals surface area (Å²) in [6.07, 6.45) is 0.485. The predicted molar refractivity (Wildman–Crippen MR) is 73.7 cm³/mol. The highest BCUT2D eigenvalue weighted by molar-refractivity contribution is 5.45. The number of hydrogen-bond donors (Lipinski definition) is 1. The van der Waals surface area contributed by atoms with E-state index in [0.29, 0.717) is 6.61 Å². The molecule has 1 fully saturated rings.